The fourth-order valence-corrected chi connectivity index (χ4v) is 10.2. The Morgan fingerprint density at radius 3 is 2.01 bits per heavy atom. The maximum Gasteiger partial charge on any atom is 0.268 e. The van der Waals surface area contributed by atoms with Crippen LogP contribution >= 0.6 is 0 Å². The van der Waals surface area contributed by atoms with E-state index in [1.165, 1.54) is 27.3 Å². The molecule has 0 fully saturated rings. The van der Waals surface area contributed by atoms with E-state index in [1.807, 2.05) is 101 Å². The van der Waals surface area contributed by atoms with Crippen LogP contribution in [0.5, 0.6) is 11.5 Å². The number of rotatable bonds is 8. The summed E-state index contributed by atoms with van der Waals surface area (Å²) >= 11 is 0. The second kappa shape index (κ2) is 20.0. The summed E-state index contributed by atoms with van der Waals surface area (Å²) in [6, 6.07) is 35.5. The van der Waals surface area contributed by atoms with Crippen molar-refractivity contribution in [3.05, 3.63) is 222 Å². The molecule has 406 valence electrons. The van der Waals surface area contributed by atoms with E-state index in [0.29, 0.717) is 22.5 Å². The van der Waals surface area contributed by atoms with Gasteiger partial charge in [0.1, 0.15) is 5.82 Å². The molecule has 0 unspecified atom stereocenters. The van der Waals surface area contributed by atoms with Crippen LogP contribution in [0.25, 0.3) is 83.4 Å². The number of pyridine rings is 1. The molecular weight excluding hydrogens is 1160 g/mol. The second-order valence-corrected chi connectivity index (χ2v) is 23.3. The van der Waals surface area contributed by atoms with Gasteiger partial charge in [0, 0.05) is 66.2 Å². The smallest absolute Gasteiger partial charge is 0.268 e. The number of ether oxygens (including phenoxy) is 1. The van der Waals surface area contributed by atoms with E-state index in [0.717, 1.165) is 27.4 Å². The van der Waals surface area contributed by atoms with E-state index in [1.54, 1.807) is 54.7 Å². The average molecular weight is 1250 g/mol. The molecule has 0 bridgehead atoms. The van der Waals surface area contributed by atoms with Crippen LogP contribution in [-0.2, 0) is 48.1 Å². The normalized spacial score (nSPS) is 20.6. The molecule has 11 aromatic rings. The maximum atomic E-state index is 10.6. The van der Waals surface area contributed by atoms with Gasteiger partial charge in [0.05, 0.1) is 27.7 Å². The minimum absolute atomic E-state index is 0. The van der Waals surface area contributed by atoms with Gasteiger partial charge in [0.15, 0.2) is 0 Å². The number of hydrogen-bond donors (Lipinski definition) is 0. The SMILES string of the molecule is [2H]c1c([2H])c([2H])c(-c2ccc3c(c2)n(-c2[c-]c(Oc4[c-]c5c(cc4)c4ccccc4n5-c4cc(C(C)(C)C)ccn4)ccc2)[c-][n+]3-c2c(-c3cccc(C(C)(C)C)c3)cc(C(C)(C)C)cc2-c2c([2H])c([2H])c3c(c2[2H])C(C([2H])([2H])[2H])(C([2H])([2H])[2H])C([2H])([2H])C([2H])([2H])C3(C([2H])([2H])[2H])C([2H])([2H])[2H])c([2H])c1[2H].[Pt]. The third-order valence-corrected chi connectivity index (χ3v) is 14.6. The summed E-state index contributed by atoms with van der Waals surface area (Å²) in [5.41, 5.74) is -9.94. The number of imidazole rings is 1. The molecule has 3 heterocycles. The molecule has 5 nitrogen and oxygen atoms in total. The van der Waals surface area contributed by atoms with Crippen molar-refractivity contribution in [2.45, 2.75) is 130 Å². The van der Waals surface area contributed by atoms with Crippen LogP contribution in [-0.4, -0.2) is 14.1 Å². The van der Waals surface area contributed by atoms with Crippen molar-refractivity contribution in [1.29, 1.82) is 0 Å². The molecule has 0 atom stereocenters. The molecule has 0 saturated heterocycles. The van der Waals surface area contributed by atoms with Gasteiger partial charge >= 0.3 is 0 Å². The quantitative estimate of drug-likeness (QED) is 0.112. The topological polar surface area (TPSA) is 35.9 Å². The number of fused-ring (bicyclic) bond motifs is 5. The van der Waals surface area contributed by atoms with Crippen molar-refractivity contribution in [1.82, 2.24) is 14.1 Å². The first-order valence-corrected chi connectivity index (χ1v) is 26.0. The molecule has 80 heavy (non-hydrogen) atoms. The van der Waals surface area contributed by atoms with Crippen molar-refractivity contribution in [2.24, 2.45) is 0 Å². The Balaban J connectivity index is 0.0000108. The first-order valence-electron chi connectivity index (χ1n) is 38.0. The van der Waals surface area contributed by atoms with Gasteiger partial charge in [-0.25, -0.2) is 4.98 Å². The Labute approximate surface area is 522 Å². The van der Waals surface area contributed by atoms with E-state index in [4.69, 9.17) is 33.0 Å². The fraction of sp³-hybridized carbons (Fsp3) is 0.270. The Morgan fingerprint density at radius 1 is 0.588 bits per heavy atom. The van der Waals surface area contributed by atoms with Crippen LogP contribution in [0.15, 0.2) is 176 Å². The minimum atomic E-state index is -4.60. The van der Waals surface area contributed by atoms with E-state index in [-0.39, 0.29) is 82.6 Å². The van der Waals surface area contributed by atoms with Crippen molar-refractivity contribution in [3.8, 4) is 62.1 Å². The minimum Gasteiger partial charge on any atom is -0.510 e. The summed E-state index contributed by atoms with van der Waals surface area (Å²) in [7, 11) is 0. The zero-order chi connectivity index (χ0) is 75.9. The van der Waals surface area contributed by atoms with Crippen LogP contribution < -0.4 is 9.30 Å². The summed E-state index contributed by atoms with van der Waals surface area (Å²) in [5, 5.41) is 1.79. The Morgan fingerprint density at radius 2 is 1.27 bits per heavy atom. The van der Waals surface area contributed by atoms with Gasteiger partial charge in [0.2, 0.25) is 0 Å². The van der Waals surface area contributed by atoms with Gasteiger partial charge in [-0.1, -0.05) is 210 Å². The second-order valence-electron chi connectivity index (χ2n) is 23.3. The summed E-state index contributed by atoms with van der Waals surface area (Å²) in [6.45, 7) is 0.486. The van der Waals surface area contributed by atoms with Gasteiger partial charge in [0.25, 0.3) is 6.33 Å². The van der Waals surface area contributed by atoms with Gasteiger partial charge < -0.3 is 13.9 Å². The molecule has 6 heteroatoms. The summed E-state index contributed by atoms with van der Waals surface area (Å²) < 4.78 is 234. The molecule has 0 saturated carbocycles. The number of benzene rings is 8. The largest absolute Gasteiger partial charge is 0.510 e. The third kappa shape index (κ3) is 9.95. The summed E-state index contributed by atoms with van der Waals surface area (Å²) in [4.78, 5) is 4.82. The molecule has 3 aromatic heterocycles. The number of hydrogen-bond acceptors (Lipinski definition) is 2. The van der Waals surface area contributed by atoms with Gasteiger partial charge in [-0.05, 0) is 136 Å². The number of para-hydroxylation sites is 1. The predicted molar refractivity (Wildman–Crippen MR) is 328 cm³/mol. The summed E-state index contributed by atoms with van der Waals surface area (Å²) in [5.74, 6) is 1.05. The van der Waals surface area contributed by atoms with E-state index in [9.17, 15) is 9.60 Å². The first-order chi connectivity index (χ1) is 47.4. The first kappa shape index (κ1) is 32.8. The molecular formula is C74H72N4OPt-2. The molecule has 0 spiro atoms. The Kier molecular flexibility index (Phi) is 8.21. The van der Waals surface area contributed by atoms with Gasteiger partial charge in [-0.15, -0.1) is 29.7 Å². The monoisotopic (exact) mass is 1250 g/mol. The Hall–Kier alpha value is -7.33. The molecule has 1 aliphatic rings. The molecule has 12 rings (SSSR count). The van der Waals surface area contributed by atoms with Crippen LogP contribution in [0.1, 0.15) is 163 Å². The standard InChI is InChI=1S/C74H72N4O.Pt/c1-70(2,3)52-24-19-23-50(39-52)60-42-54(72(7,8)9)43-61(51-29-33-62-63(40-51)74(12,13)37-36-73(62,10)11)69(60)77-47-76(67-41-49(30-34-65(67)77)48-21-15-14-16-22-48)55-25-20-26-56(45-55)79-57-31-32-59-58-27-17-18-28-64(58)78(66(59)46-57)68-44-53(35-38-75-68)71(4,5)6;/h14-35,38-44H,36-37H2,1-13H3;/q-2;/i10D3,11D3,12D3,13D3,14D,15D,16D,21D,22D,29D,33D,36D2,37D2,40D;. The number of nitrogens with zero attached hydrogens (tertiary/aromatic N) is 4. The zero-order valence-electron chi connectivity index (χ0n) is 69.6. The molecule has 0 aliphatic heterocycles. The van der Waals surface area contributed by atoms with Crippen LogP contribution in [0, 0.1) is 18.5 Å². The average Bonchev–Trinajstić information content (AvgIpc) is 0.660. The number of aromatic nitrogens is 4. The molecule has 1 aliphatic carbocycles. The predicted octanol–water partition coefficient (Wildman–Crippen LogP) is 18.8. The molecule has 0 N–H and O–H groups in total. The maximum absolute atomic E-state index is 10.6. The van der Waals surface area contributed by atoms with Crippen LogP contribution in [0.2, 0.25) is 0 Å². The fourth-order valence-electron chi connectivity index (χ4n) is 10.2. The summed E-state index contributed by atoms with van der Waals surface area (Å²) in [6.07, 6.45) is -3.98. The molecule has 0 radical (unpaired) electrons. The third-order valence-electron chi connectivity index (χ3n) is 14.6. The molecule has 8 aromatic carbocycles. The van der Waals surface area contributed by atoms with Crippen molar-refractivity contribution >= 4 is 32.8 Å². The van der Waals surface area contributed by atoms with Crippen molar-refractivity contribution in [2.75, 3.05) is 0 Å². The van der Waals surface area contributed by atoms with E-state index in [2.05, 4.69) is 39.2 Å². The van der Waals surface area contributed by atoms with E-state index < -0.39 is 127 Å². The van der Waals surface area contributed by atoms with Crippen molar-refractivity contribution < 1.29 is 63.3 Å². The van der Waals surface area contributed by atoms with Gasteiger partial charge in [-0.3, -0.25) is 4.57 Å². The van der Waals surface area contributed by atoms with Crippen LogP contribution in [0.3, 0.4) is 0 Å². The molecule has 0 amide bonds. The van der Waals surface area contributed by atoms with Gasteiger partial charge in [-0.2, -0.15) is 18.2 Å². The van der Waals surface area contributed by atoms with E-state index >= 15 is 0 Å². The Bertz CT molecular complexity index is 5270. The van der Waals surface area contributed by atoms with Crippen molar-refractivity contribution in [3.63, 3.8) is 0 Å². The zero-order valence-corrected chi connectivity index (χ0v) is 47.9. The van der Waals surface area contributed by atoms with Crippen LogP contribution in [0.4, 0.5) is 0 Å².